The van der Waals surface area contributed by atoms with Gasteiger partial charge in [-0.1, -0.05) is 18.2 Å². The fourth-order valence-corrected chi connectivity index (χ4v) is 2.00. The van der Waals surface area contributed by atoms with Crippen molar-refractivity contribution in [2.24, 2.45) is 5.10 Å². The molecule has 0 bridgehead atoms. The first-order chi connectivity index (χ1) is 10.3. The monoisotopic (exact) mass is 312 g/mol. The molecular weight excluding hydrogens is 301 g/mol. The Morgan fingerprint density at radius 2 is 1.82 bits per heavy atom. The number of halogens is 3. The highest BCUT2D eigenvalue weighted by molar-refractivity contribution is 6.32. The van der Waals surface area contributed by atoms with Crippen LogP contribution in [0.25, 0.3) is 0 Å². The Kier molecular flexibility index (Phi) is 4.03. The molecule has 1 amide bonds. The van der Waals surface area contributed by atoms with E-state index >= 15 is 0 Å². The number of para-hydroxylation sites is 1. The van der Waals surface area contributed by atoms with Crippen LogP contribution in [0.4, 0.5) is 18.9 Å². The molecule has 1 aromatic rings. The second kappa shape index (κ2) is 5.63. The van der Waals surface area contributed by atoms with Crippen LogP contribution in [0.5, 0.6) is 0 Å². The maximum atomic E-state index is 13.1. The van der Waals surface area contributed by atoms with Crippen molar-refractivity contribution in [2.45, 2.75) is 13.1 Å². The Morgan fingerprint density at radius 1 is 1.23 bits per heavy atom. The van der Waals surface area contributed by atoms with Crippen LogP contribution in [0.15, 0.2) is 46.6 Å². The number of benzene rings is 1. The summed E-state index contributed by atoms with van der Waals surface area (Å²) in [4.78, 5) is 23.7. The van der Waals surface area contributed by atoms with E-state index in [1.54, 1.807) is 18.2 Å². The quantitative estimate of drug-likeness (QED) is 0.622. The summed E-state index contributed by atoms with van der Waals surface area (Å²) < 4.78 is 43.4. The van der Waals surface area contributed by atoms with Gasteiger partial charge in [0, 0.05) is 0 Å². The zero-order valence-corrected chi connectivity index (χ0v) is 11.6. The molecule has 0 aromatic heterocycles. The highest BCUT2D eigenvalue weighted by atomic mass is 19.4. The summed E-state index contributed by atoms with van der Waals surface area (Å²) in [5.41, 5.74) is -2.36. The van der Waals surface area contributed by atoms with E-state index < -0.39 is 29.2 Å². The number of hydrogen-bond donors (Lipinski definition) is 0. The number of anilines is 1. The molecule has 116 valence electrons. The molecular formula is C14H11F3N2O3. The number of rotatable bonds is 2. The second-order valence-corrected chi connectivity index (χ2v) is 4.38. The molecule has 0 radical (unpaired) electrons. The molecule has 0 N–H and O–H groups in total. The number of carbonyl (C=O) groups is 2. The van der Waals surface area contributed by atoms with E-state index in [9.17, 15) is 22.8 Å². The lowest BCUT2D eigenvalue weighted by atomic mass is 10.0. The highest BCUT2D eigenvalue weighted by Crippen LogP contribution is 2.34. The minimum atomic E-state index is -5.03. The van der Waals surface area contributed by atoms with Gasteiger partial charge < -0.3 is 4.74 Å². The van der Waals surface area contributed by atoms with E-state index in [0.29, 0.717) is 5.69 Å². The van der Waals surface area contributed by atoms with Gasteiger partial charge in [-0.2, -0.15) is 23.3 Å². The lowest BCUT2D eigenvalue weighted by Gasteiger charge is -2.14. The van der Waals surface area contributed by atoms with Crippen LogP contribution >= 0.6 is 0 Å². The standard InChI is InChI=1S/C14H11F3N2O3/c1-8-10(11(13(21)22-2)14(15,16)17)12(20)19(18-8)9-6-4-3-5-7-9/h3-7H,1-2H3. The topological polar surface area (TPSA) is 59.0 Å². The van der Waals surface area contributed by atoms with Gasteiger partial charge in [0.2, 0.25) is 0 Å². The number of hydrogen-bond acceptors (Lipinski definition) is 4. The minimum absolute atomic E-state index is 0.202. The van der Waals surface area contributed by atoms with Crippen LogP contribution in [-0.4, -0.2) is 30.9 Å². The van der Waals surface area contributed by atoms with Crippen molar-refractivity contribution in [3.63, 3.8) is 0 Å². The van der Waals surface area contributed by atoms with Gasteiger partial charge in [-0.25, -0.2) is 4.79 Å². The molecule has 0 atom stereocenters. The smallest absolute Gasteiger partial charge is 0.424 e. The molecule has 0 saturated heterocycles. The number of hydrazone groups is 1. The number of ether oxygens (including phenoxy) is 1. The summed E-state index contributed by atoms with van der Waals surface area (Å²) in [6, 6.07) is 7.94. The summed E-state index contributed by atoms with van der Waals surface area (Å²) in [6.07, 6.45) is -5.03. The van der Waals surface area contributed by atoms with E-state index in [0.717, 1.165) is 12.1 Å². The van der Waals surface area contributed by atoms with E-state index in [4.69, 9.17) is 0 Å². The van der Waals surface area contributed by atoms with E-state index in [1.165, 1.54) is 19.1 Å². The second-order valence-electron chi connectivity index (χ2n) is 4.38. The average Bonchev–Trinajstić information content (AvgIpc) is 2.75. The van der Waals surface area contributed by atoms with Crippen molar-refractivity contribution in [1.82, 2.24) is 0 Å². The van der Waals surface area contributed by atoms with Gasteiger partial charge in [-0.15, -0.1) is 0 Å². The molecule has 8 heteroatoms. The SMILES string of the molecule is COC(=O)C(=C1C(=O)N(c2ccccc2)N=C1C)C(F)(F)F. The van der Waals surface area contributed by atoms with Gasteiger partial charge >= 0.3 is 12.1 Å². The van der Waals surface area contributed by atoms with Crippen LogP contribution in [-0.2, 0) is 14.3 Å². The Bertz CT molecular complexity index is 678. The van der Waals surface area contributed by atoms with Crippen molar-refractivity contribution in [3.8, 4) is 0 Å². The zero-order chi connectivity index (χ0) is 16.5. The van der Waals surface area contributed by atoms with E-state index in [2.05, 4.69) is 9.84 Å². The largest absolute Gasteiger partial charge is 0.465 e. The lowest BCUT2D eigenvalue weighted by Crippen LogP contribution is -2.29. The van der Waals surface area contributed by atoms with Gasteiger partial charge in [-0.3, -0.25) is 4.79 Å². The molecule has 5 nitrogen and oxygen atoms in total. The van der Waals surface area contributed by atoms with Gasteiger partial charge in [-0.05, 0) is 19.1 Å². The predicted molar refractivity (Wildman–Crippen MR) is 72.1 cm³/mol. The van der Waals surface area contributed by atoms with Crippen molar-refractivity contribution >= 4 is 23.3 Å². The number of nitrogens with zero attached hydrogens (tertiary/aromatic N) is 2. The fourth-order valence-electron chi connectivity index (χ4n) is 2.00. The first kappa shape index (κ1) is 15.7. The molecule has 0 saturated carbocycles. The first-order valence-electron chi connectivity index (χ1n) is 6.12. The summed E-state index contributed by atoms with van der Waals surface area (Å²) >= 11 is 0. The average molecular weight is 312 g/mol. The number of amides is 1. The van der Waals surface area contributed by atoms with Crippen LogP contribution in [0.3, 0.4) is 0 Å². The molecule has 1 aliphatic rings. The van der Waals surface area contributed by atoms with Crippen molar-refractivity contribution < 1.29 is 27.5 Å². The molecule has 0 unspecified atom stereocenters. The summed E-state index contributed by atoms with van der Waals surface area (Å²) in [7, 11) is 0.815. The summed E-state index contributed by atoms with van der Waals surface area (Å²) in [5, 5.41) is 4.63. The number of carbonyl (C=O) groups excluding carboxylic acids is 2. The predicted octanol–water partition coefficient (Wildman–Crippen LogP) is 2.44. The Balaban J connectivity index is 2.57. The molecule has 0 fully saturated rings. The van der Waals surface area contributed by atoms with Crippen LogP contribution in [0.2, 0.25) is 0 Å². The van der Waals surface area contributed by atoms with Gasteiger partial charge in [0.15, 0.2) is 5.57 Å². The number of alkyl halides is 3. The van der Waals surface area contributed by atoms with E-state index in [1.807, 2.05) is 0 Å². The third-order valence-electron chi connectivity index (χ3n) is 2.94. The molecule has 22 heavy (non-hydrogen) atoms. The molecule has 2 rings (SSSR count). The third-order valence-corrected chi connectivity index (χ3v) is 2.94. The fraction of sp³-hybridized carbons (Fsp3) is 0.214. The Labute approximate surface area is 123 Å². The zero-order valence-electron chi connectivity index (χ0n) is 11.6. The van der Waals surface area contributed by atoms with Crippen molar-refractivity contribution in [3.05, 3.63) is 41.5 Å². The van der Waals surface area contributed by atoms with Crippen molar-refractivity contribution in [1.29, 1.82) is 0 Å². The van der Waals surface area contributed by atoms with Gasteiger partial charge in [0.25, 0.3) is 5.91 Å². The summed E-state index contributed by atoms with van der Waals surface area (Å²) in [5.74, 6) is -2.65. The maximum Gasteiger partial charge on any atom is 0.424 e. The normalized spacial score (nSPS) is 17.4. The highest BCUT2D eigenvalue weighted by Gasteiger charge is 2.47. The third kappa shape index (κ3) is 2.72. The summed E-state index contributed by atoms with van der Waals surface area (Å²) in [6.45, 7) is 1.23. The Morgan fingerprint density at radius 3 is 2.32 bits per heavy atom. The minimum Gasteiger partial charge on any atom is -0.465 e. The van der Waals surface area contributed by atoms with Crippen LogP contribution in [0, 0.1) is 0 Å². The first-order valence-corrected chi connectivity index (χ1v) is 6.12. The molecule has 0 spiro atoms. The van der Waals surface area contributed by atoms with Crippen LogP contribution < -0.4 is 5.01 Å². The molecule has 0 aliphatic carbocycles. The number of esters is 1. The van der Waals surface area contributed by atoms with Gasteiger partial charge in [0.1, 0.15) is 0 Å². The van der Waals surface area contributed by atoms with Crippen molar-refractivity contribution in [2.75, 3.05) is 12.1 Å². The van der Waals surface area contributed by atoms with Crippen LogP contribution in [0.1, 0.15) is 6.92 Å². The molecule has 1 heterocycles. The molecule has 1 aromatic carbocycles. The van der Waals surface area contributed by atoms with Gasteiger partial charge in [0.05, 0.1) is 24.1 Å². The maximum absolute atomic E-state index is 13.1. The number of methoxy groups -OCH3 is 1. The lowest BCUT2D eigenvalue weighted by molar-refractivity contribution is -0.148. The van der Waals surface area contributed by atoms with E-state index in [-0.39, 0.29) is 5.71 Å². The Hall–Kier alpha value is -2.64. The molecule has 1 aliphatic heterocycles.